The molecule has 0 spiro atoms. The molecule has 12 heavy (non-hydrogen) atoms. The molecule has 0 aliphatic heterocycles. The molecule has 0 aliphatic rings. The van der Waals surface area contributed by atoms with Gasteiger partial charge in [-0.25, -0.2) is 4.39 Å². The van der Waals surface area contributed by atoms with Gasteiger partial charge in [0.15, 0.2) is 0 Å². The maximum atomic E-state index is 12.5. The fourth-order valence-corrected chi connectivity index (χ4v) is 0.641. The average molecular weight is 306 g/mol. The first-order valence-corrected chi connectivity index (χ1v) is 2.71. The molecule has 0 aromatic heterocycles. The Bertz CT molecular complexity index is 228. The normalized spacial score (nSPS) is 6.75. The SMILES string of the molecule is C=Cc1ccccc1F.[Br-].[Br-].[Mg+2]. The number of halogens is 3. The van der Waals surface area contributed by atoms with Gasteiger partial charge in [0.05, 0.1) is 0 Å². The zero-order chi connectivity index (χ0) is 6.69. The van der Waals surface area contributed by atoms with Crippen molar-refractivity contribution in [1.82, 2.24) is 0 Å². The summed E-state index contributed by atoms with van der Waals surface area (Å²) in [6.45, 7) is 3.45. The number of hydrogen-bond acceptors (Lipinski definition) is 0. The Morgan fingerprint density at radius 2 is 1.67 bits per heavy atom. The van der Waals surface area contributed by atoms with Crippen molar-refractivity contribution in [3.63, 3.8) is 0 Å². The van der Waals surface area contributed by atoms with Crippen LogP contribution in [0.4, 0.5) is 4.39 Å². The molecule has 0 fully saturated rings. The Hall–Kier alpha value is 0.616. The van der Waals surface area contributed by atoms with Crippen LogP contribution < -0.4 is 34.0 Å². The molecule has 0 N–H and O–H groups in total. The summed E-state index contributed by atoms with van der Waals surface area (Å²) < 4.78 is 12.5. The number of rotatable bonds is 1. The maximum Gasteiger partial charge on any atom is 2.00 e. The average Bonchev–Trinajstić information content (AvgIpc) is 1.89. The smallest absolute Gasteiger partial charge is 1.00 e. The predicted octanol–water partition coefficient (Wildman–Crippen LogP) is -3.90. The van der Waals surface area contributed by atoms with Crippen LogP contribution in [0.25, 0.3) is 6.08 Å². The van der Waals surface area contributed by atoms with E-state index in [0.29, 0.717) is 5.56 Å². The van der Waals surface area contributed by atoms with Crippen molar-refractivity contribution in [2.24, 2.45) is 0 Å². The molecule has 1 aromatic carbocycles. The second kappa shape index (κ2) is 9.70. The van der Waals surface area contributed by atoms with Crippen molar-refractivity contribution >= 4 is 29.1 Å². The van der Waals surface area contributed by atoms with Gasteiger partial charge in [0.1, 0.15) is 5.82 Å². The summed E-state index contributed by atoms with van der Waals surface area (Å²) in [5, 5.41) is 0. The molecule has 0 heterocycles. The number of benzene rings is 1. The monoisotopic (exact) mass is 304 g/mol. The van der Waals surface area contributed by atoms with Crippen LogP contribution in [0.3, 0.4) is 0 Å². The van der Waals surface area contributed by atoms with Crippen LogP contribution in [0.1, 0.15) is 5.56 Å². The molecule has 0 radical (unpaired) electrons. The summed E-state index contributed by atoms with van der Waals surface area (Å²) in [6.07, 6.45) is 1.50. The molecular formula is C8H7Br2FMg. The van der Waals surface area contributed by atoms with Crippen LogP contribution in [0, 0.1) is 5.82 Å². The molecule has 0 bridgehead atoms. The zero-order valence-corrected chi connectivity index (χ0v) is 11.0. The Labute approximate surface area is 109 Å². The van der Waals surface area contributed by atoms with E-state index in [4.69, 9.17) is 0 Å². The summed E-state index contributed by atoms with van der Waals surface area (Å²) in [6, 6.07) is 6.53. The topological polar surface area (TPSA) is 0 Å². The first-order valence-electron chi connectivity index (χ1n) is 2.71. The summed E-state index contributed by atoms with van der Waals surface area (Å²) >= 11 is 0. The molecule has 0 saturated carbocycles. The fraction of sp³-hybridized carbons (Fsp3) is 0. The van der Waals surface area contributed by atoms with E-state index in [1.807, 2.05) is 0 Å². The van der Waals surface area contributed by atoms with Crippen LogP contribution in [-0.2, 0) is 0 Å². The van der Waals surface area contributed by atoms with Crippen molar-refractivity contribution < 1.29 is 38.4 Å². The van der Waals surface area contributed by atoms with Gasteiger partial charge in [0.25, 0.3) is 0 Å². The molecule has 0 amide bonds. The predicted molar refractivity (Wildman–Crippen MR) is 42.2 cm³/mol. The first kappa shape index (κ1) is 18.4. The van der Waals surface area contributed by atoms with Crippen molar-refractivity contribution in [2.75, 3.05) is 0 Å². The van der Waals surface area contributed by atoms with E-state index in [1.54, 1.807) is 18.2 Å². The summed E-state index contributed by atoms with van der Waals surface area (Å²) in [5.41, 5.74) is 0.553. The quantitative estimate of drug-likeness (QED) is 0.466. The fourth-order valence-electron chi connectivity index (χ4n) is 0.641. The van der Waals surface area contributed by atoms with Gasteiger partial charge < -0.3 is 34.0 Å². The van der Waals surface area contributed by atoms with E-state index in [9.17, 15) is 4.39 Å². The summed E-state index contributed by atoms with van der Waals surface area (Å²) in [5.74, 6) is -0.215. The summed E-state index contributed by atoms with van der Waals surface area (Å²) in [4.78, 5) is 0. The standard InChI is InChI=1S/C8H7F.2BrH.Mg/c1-2-7-5-3-4-6-8(7)9;;;/h2-6H,1H2;2*1H;/q;;;+2/p-2. The van der Waals surface area contributed by atoms with Crippen LogP contribution in [-0.4, -0.2) is 23.1 Å². The van der Waals surface area contributed by atoms with Crippen LogP contribution >= 0.6 is 0 Å². The van der Waals surface area contributed by atoms with E-state index in [0.717, 1.165) is 0 Å². The second-order valence-electron chi connectivity index (χ2n) is 1.73. The van der Waals surface area contributed by atoms with E-state index in [1.165, 1.54) is 12.1 Å². The maximum absolute atomic E-state index is 12.5. The van der Waals surface area contributed by atoms with Gasteiger partial charge >= 0.3 is 23.1 Å². The van der Waals surface area contributed by atoms with Gasteiger partial charge in [-0.15, -0.1) is 0 Å². The van der Waals surface area contributed by atoms with E-state index >= 15 is 0 Å². The van der Waals surface area contributed by atoms with E-state index in [-0.39, 0.29) is 62.8 Å². The Morgan fingerprint density at radius 3 is 2.00 bits per heavy atom. The largest absolute Gasteiger partial charge is 2.00 e. The van der Waals surface area contributed by atoms with E-state index < -0.39 is 0 Å². The van der Waals surface area contributed by atoms with Gasteiger partial charge in [0.2, 0.25) is 0 Å². The van der Waals surface area contributed by atoms with Crippen molar-refractivity contribution in [3.05, 3.63) is 42.2 Å². The van der Waals surface area contributed by atoms with Crippen molar-refractivity contribution in [3.8, 4) is 0 Å². The minimum atomic E-state index is -0.215. The third-order valence-corrected chi connectivity index (χ3v) is 1.13. The first-order chi connectivity index (χ1) is 4.34. The van der Waals surface area contributed by atoms with Crippen LogP contribution in [0.15, 0.2) is 30.8 Å². The summed E-state index contributed by atoms with van der Waals surface area (Å²) in [7, 11) is 0. The second-order valence-corrected chi connectivity index (χ2v) is 1.73. The third-order valence-electron chi connectivity index (χ3n) is 1.13. The molecule has 4 heteroatoms. The van der Waals surface area contributed by atoms with Gasteiger partial charge in [-0.2, -0.15) is 0 Å². The third kappa shape index (κ3) is 5.30. The van der Waals surface area contributed by atoms with Gasteiger partial charge in [0, 0.05) is 5.56 Å². The van der Waals surface area contributed by atoms with Gasteiger partial charge in [-0.05, 0) is 6.07 Å². The molecule has 0 aliphatic carbocycles. The Morgan fingerprint density at radius 1 is 1.17 bits per heavy atom. The molecule has 0 nitrogen and oxygen atoms in total. The van der Waals surface area contributed by atoms with Crippen molar-refractivity contribution in [1.29, 1.82) is 0 Å². The van der Waals surface area contributed by atoms with Gasteiger partial charge in [-0.3, -0.25) is 0 Å². The molecular weight excluding hydrogens is 299 g/mol. The molecule has 1 aromatic rings. The van der Waals surface area contributed by atoms with Gasteiger partial charge in [-0.1, -0.05) is 30.9 Å². The Balaban J connectivity index is -0.000000270. The zero-order valence-electron chi connectivity index (χ0n) is 6.43. The minimum Gasteiger partial charge on any atom is -1.00 e. The molecule has 62 valence electrons. The molecule has 0 unspecified atom stereocenters. The number of hydrogen-bond donors (Lipinski definition) is 0. The Kier molecular flexibility index (Phi) is 14.9. The van der Waals surface area contributed by atoms with Crippen LogP contribution in [0.2, 0.25) is 0 Å². The molecule has 1 rings (SSSR count). The molecule has 0 saturated heterocycles. The molecule has 0 atom stereocenters. The van der Waals surface area contributed by atoms with Crippen LogP contribution in [0.5, 0.6) is 0 Å². The van der Waals surface area contributed by atoms with Crippen molar-refractivity contribution in [2.45, 2.75) is 0 Å². The van der Waals surface area contributed by atoms with E-state index in [2.05, 4.69) is 6.58 Å². The minimum absolute atomic E-state index is 0.